The highest BCUT2D eigenvalue weighted by Crippen LogP contribution is 2.25. The largest absolute Gasteiger partial charge is 0.383 e. The number of amides is 1. The summed E-state index contributed by atoms with van der Waals surface area (Å²) in [5.74, 6) is -0.112. The van der Waals surface area contributed by atoms with Crippen LogP contribution in [0.1, 0.15) is 15.9 Å². The van der Waals surface area contributed by atoms with E-state index in [0.717, 1.165) is 27.7 Å². The van der Waals surface area contributed by atoms with Crippen LogP contribution in [-0.2, 0) is 4.74 Å². The van der Waals surface area contributed by atoms with Crippen LogP contribution in [-0.4, -0.2) is 31.2 Å². The number of ether oxygens (including phenoxy) is 1. The second kappa shape index (κ2) is 7.23. The fourth-order valence-corrected chi connectivity index (χ4v) is 2.68. The summed E-state index contributed by atoms with van der Waals surface area (Å²) >= 11 is 0. The van der Waals surface area contributed by atoms with Crippen LogP contribution in [0.15, 0.2) is 54.6 Å². The molecule has 24 heavy (non-hydrogen) atoms. The van der Waals surface area contributed by atoms with Crippen LogP contribution < -0.4 is 5.32 Å². The topological polar surface area (TPSA) is 51.2 Å². The predicted molar refractivity (Wildman–Crippen MR) is 96.1 cm³/mol. The Kier molecular flexibility index (Phi) is 4.87. The average molecular weight is 320 g/mol. The van der Waals surface area contributed by atoms with Gasteiger partial charge in [0, 0.05) is 24.6 Å². The van der Waals surface area contributed by atoms with Crippen LogP contribution >= 0.6 is 0 Å². The number of benzene rings is 2. The van der Waals surface area contributed by atoms with Gasteiger partial charge in [-0.2, -0.15) is 0 Å². The molecule has 2 aromatic carbocycles. The quantitative estimate of drug-likeness (QED) is 0.731. The van der Waals surface area contributed by atoms with Crippen LogP contribution in [0, 0.1) is 6.92 Å². The van der Waals surface area contributed by atoms with Crippen molar-refractivity contribution in [2.24, 2.45) is 0 Å². The van der Waals surface area contributed by atoms with E-state index in [1.54, 1.807) is 7.11 Å². The molecule has 0 spiro atoms. The van der Waals surface area contributed by atoms with Crippen molar-refractivity contribution in [2.75, 3.05) is 20.3 Å². The number of aryl methyl sites for hydroxylation is 1. The second-order valence-electron chi connectivity index (χ2n) is 5.69. The van der Waals surface area contributed by atoms with E-state index in [-0.39, 0.29) is 5.91 Å². The van der Waals surface area contributed by atoms with E-state index in [0.29, 0.717) is 18.7 Å². The molecule has 1 heterocycles. The van der Waals surface area contributed by atoms with Gasteiger partial charge in [-0.05, 0) is 25.1 Å². The minimum absolute atomic E-state index is 0.112. The number of para-hydroxylation sites is 1. The molecule has 0 aliphatic heterocycles. The second-order valence-corrected chi connectivity index (χ2v) is 5.69. The molecule has 0 bridgehead atoms. The summed E-state index contributed by atoms with van der Waals surface area (Å²) < 4.78 is 4.99. The van der Waals surface area contributed by atoms with E-state index in [1.807, 2.05) is 55.5 Å². The van der Waals surface area contributed by atoms with E-state index < -0.39 is 0 Å². The lowest BCUT2D eigenvalue weighted by atomic mass is 10.0. The molecule has 0 radical (unpaired) electrons. The lowest BCUT2D eigenvalue weighted by molar-refractivity contribution is 0.0938. The molecule has 0 saturated carbocycles. The highest BCUT2D eigenvalue weighted by atomic mass is 16.5. The molecular weight excluding hydrogens is 300 g/mol. The van der Waals surface area contributed by atoms with Crippen molar-refractivity contribution in [1.82, 2.24) is 10.3 Å². The number of carbonyl (C=O) groups excluding carboxylic acids is 1. The minimum atomic E-state index is -0.112. The molecule has 0 saturated heterocycles. The third-order valence-electron chi connectivity index (χ3n) is 3.87. The van der Waals surface area contributed by atoms with Crippen molar-refractivity contribution in [1.29, 1.82) is 0 Å². The van der Waals surface area contributed by atoms with Crippen LogP contribution in [0.4, 0.5) is 0 Å². The van der Waals surface area contributed by atoms with Crippen LogP contribution in [0.2, 0.25) is 0 Å². The van der Waals surface area contributed by atoms with Crippen molar-refractivity contribution >= 4 is 16.8 Å². The van der Waals surface area contributed by atoms with E-state index in [4.69, 9.17) is 9.72 Å². The van der Waals surface area contributed by atoms with E-state index >= 15 is 0 Å². The summed E-state index contributed by atoms with van der Waals surface area (Å²) in [7, 11) is 1.61. The highest BCUT2D eigenvalue weighted by molar-refractivity contribution is 6.07. The van der Waals surface area contributed by atoms with Crippen molar-refractivity contribution in [3.63, 3.8) is 0 Å². The molecular formula is C20H20N2O2. The van der Waals surface area contributed by atoms with E-state index in [1.165, 1.54) is 0 Å². The molecule has 0 fully saturated rings. The van der Waals surface area contributed by atoms with Crippen molar-refractivity contribution in [3.05, 3.63) is 65.7 Å². The zero-order valence-corrected chi connectivity index (χ0v) is 13.9. The van der Waals surface area contributed by atoms with Crippen LogP contribution in [0.25, 0.3) is 22.2 Å². The molecule has 0 atom stereocenters. The Hall–Kier alpha value is -2.72. The van der Waals surface area contributed by atoms with Gasteiger partial charge in [-0.1, -0.05) is 42.0 Å². The minimum Gasteiger partial charge on any atom is -0.383 e. The molecule has 0 aliphatic rings. The van der Waals surface area contributed by atoms with Gasteiger partial charge in [-0.3, -0.25) is 4.79 Å². The molecule has 4 heteroatoms. The van der Waals surface area contributed by atoms with Gasteiger partial charge in [0.15, 0.2) is 0 Å². The summed E-state index contributed by atoms with van der Waals surface area (Å²) in [5, 5.41) is 3.74. The van der Waals surface area contributed by atoms with Gasteiger partial charge >= 0.3 is 0 Å². The standard InChI is InChI=1S/C20H20N2O2/c1-14-6-5-7-15(12-14)19-13-17(20(23)21-10-11-24-2)16-8-3-4-9-18(16)22-19/h3-9,12-13H,10-11H2,1-2H3,(H,21,23). The number of nitrogens with zero attached hydrogens (tertiary/aromatic N) is 1. The maximum Gasteiger partial charge on any atom is 0.252 e. The van der Waals surface area contributed by atoms with Crippen LogP contribution in [0.5, 0.6) is 0 Å². The Morgan fingerprint density at radius 2 is 1.96 bits per heavy atom. The first-order valence-electron chi connectivity index (χ1n) is 7.93. The summed E-state index contributed by atoms with van der Waals surface area (Å²) in [4.78, 5) is 17.3. The van der Waals surface area contributed by atoms with Crippen molar-refractivity contribution < 1.29 is 9.53 Å². The zero-order valence-electron chi connectivity index (χ0n) is 13.9. The van der Waals surface area contributed by atoms with Gasteiger partial charge in [0.25, 0.3) is 5.91 Å². The Morgan fingerprint density at radius 1 is 1.12 bits per heavy atom. The predicted octanol–water partition coefficient (Wildman–Crippen LogP) is 3.59. The Labute approximate surface area is 141 Å². The molecule has 0 aliphatic carbocycles. The Bertz CT molecular complexity index is 874. The monoisotopic (exact) mass is 320 g/mol. The molecule has 3 aromatic rings. The number of nitrogens with one attached hydrogen (secondary N) is 1. The van der Waals surface area contributed by atoms with E-state index in [9.17, 15) is 4.79 Å². The van der Waals surface area contributed by atoms with Crippen LogP contribution in [0.3, 0.4) is 0 Å². The number of methoxy groups -OCH3 is 1. The number of aromatic nitrogens is 1. The lowest BCUT2D eigenvalue weighted by Crippen LogP contribution is -2.27. The Balaban J connectivity index is 2.08. The average Bonchev–Trinajstić information content (AvgIpc) is 2.61. The molecule has 122 valence electrons. The molecule has 4 nitrogen and oxygen atoms in total. The zero-order chi connectivity index (χ0) is 16.9. The van der Waals surface area contributed by atoms with Gasteiger partial charge in [-0.25, -0.2) is 4.98 Å². The SMILES string of the molecule is COCCNC(=O)c1cc(-c2cccc(C)c2)nc2ccccc12. The van der Waals surface area contributed by atoms with Gasteiger partial charge < -0.3 is 10.1 Å². The molecule has 0 unspecified atom stereocenters. The highest BCUT2D eigenvalue weighted by Gasteiger charge is 2.13. The maximum absolute atomic E-state index is 12.6. The lowest BCUT2D eigenvalue weighted by Gasteiger charge is -2.11. The third-order valence-corrected chi connectivity index (χ3v) is 3.87. The van der Waals surface area contributed by atoms with Gasteiger partial charge in [0.05, 0.1) is 23.4 Å². The number of rotatable bonds is 5. The van der Waals surface area contributed by atoms with Crippen molar-refractivity contribution in [2.45, 2.75) is 6.92 Å². The summed E-state index contributed by atoms with van der Waals surface area (Å²) in [5.41, 5.74) is 4.41. The molecule has 3 rings (SSSR count). The smallest absolute Gasteiger partial charge is 0.252 e. The third kappa shape index (κ3) is 3.44. The number of carbonyl (C=O) groups is 1. The van der Waals surface area contributed by atoms with Gasteiger partial charge in [-0.15, -0.1) is 0 Å². The summed E-state index contributed by atoms with van der Waals surface area (Å²) in [6.45, 7) is 3.01. The fourth-order valence-electron chi connectivity index (χ4n) is 2.68. The van der Waals surface area contributed by atoms with Gasteiger partial charge in [0.2, 0.25) is 0 Å². The first-order chi connectivity index (χ1) is 11.7. The maximum atomic E-state index is 12.6. The fraction of sp³-hybridized carbons (Fsp3) is 0.200. The number of hydrogen-bond acceptors (Lipinski definition) is 3. The number of fused-ring (bicyclic) bond motifs is 1. The number of pyridine rings is 1. The van der Waals surface area contributed by atoms with E-state index in [2.05, 4.69) is 11.4 Å². The molecule has 1 amide bonds. The summed E-state index contributed by atoms with van der Waals surface area (Å²) in [6.07, 6.45) is 0. The number of hydrogen-bond donors (Lipinski definition) is 1. The summed E-state index contributed by atoms with van der Waals surface area (Å²) in [6, 6.07) is 17.7. The first-order valence-corrected chi connectivity index (χ1v) is 7.93. The molecule has 1 aromatic heterocycles. The molecule has 1 N–H and O–H groups in total. The Morgan fingerprint density at radius 3 is 2.75 bits per heavy atom. The first kappa shape index (κ1) is 16.1. The van der Waals surface area contributed by atoms with Crippen molar-refractivity contribution in [3.8, 4) is 11.3 Å². The van der Waals surface area contributed by atoms with Gasteiger partial charge in [0.1, 0.15) is 0 Å². The normalized spacial score (nSPS) is 10.8.